The molecule has 0 aliphatic rings. The summed E-state index contributed by atoms with van der Waals surface area (Å²) in [5.74, 6) is -0.544. The van der Waals surface area contributed by atoms with Gasteiger partial charge < -0.3 is 9.47 Å². The molecule has 0 bridgehead atoms. The minimum absolute atomic E-state index is 0.272. The van der Waals surface area contributed by atoms with Crippen LogP contribution in [-0.2, 0) is 19.1 Å². The Labute approximate surface area is 371 Å². The van der Waals surface area contributed by atoms with Gasteiger partial charge in [0, 0.05) is 12.2 Å². The second kappa shape index (κ2) is 45.1. The molecule has 0 N–H and O–H groups in total. The fraction of sp³-hybridized carbons (Fsp3) is 0.643. The van der Waals surface area contributed by atoms with Crippen LogP contribution in [0.5, 0.6) is 0 Å². The SMILES string of the molecule is CCCCCCCCCCCCCCCCOC(=O)C=CC(C)=CC=CC(C)=CC=CC=C(C)C=CC=C(C)C=CC(=O)OCCCCCCCCCCCCCCCC. The Bertz CT molecular complexity index is 1210. The van der Waals surface area contributed by atoms with Crippen molar-refractivity contribution in [3.63, 3.8) is 0 Å². The maximum Gasteiger partial charge on any atom is 0.330 e. The molecule has 340 valence electrons. The van der Waals surface area contributed by atoms with Crippen molar-refractivity contribution in [2.45, 2.75) is 221 Å². The first-order chi connectivity index (χ1) is 29.3. The van der Waals surface area contributed by atoms with Gasteiger partial charge in [0.05, 0.1) is 13.2 Å². The lowest BCUT2D eigenvalue weighted by Crippen LogP contribution is -2.02. The van der Waals surface area contributed by atoms with Crippen molar-refractivity contribution in [3.8, 4) is 0 Å². The molecule has 4 heteroatoms. The molecule has 0 aliphatic heterocycles. The lowest BCUT2D eigenvalue weighted by atomic mass is 10.0. The zero-order valence-electron chi connectivity index (χ0n) is 39.9. The van der Waals surface area contributed by atoms with Gasteiger partial charge in [-0.3, -0.25) is 0 Å². The largest absolute Gasteiger partial charge is 0.463 e. The first-order valence-electron chi connectivity index (χ1n) is 24.7. The molecule has 60 heavy (non-hydrogen) atoms. The second-order valence-corrected chi connectivity index (χ2v) is 16.9. The Morgan fingerprint density at radius 2 is 0.533 bits per heavy atom. The Morgan fingerprint density at radius 1 is 0.300 bits per heavy atom. The van der Waals surface area contributed by atoms with Crippen molar-refractivity contribution < 1.29 is 19.1 Å². The van der Waals surface area contributed by atoms with E-state index in [2.05, 4.69) is 39.8 Å². The van der Waals surface area contributed by atoms with E-state index in [1.165, 1.54) is 166 Å². The summed E-state index contributed by atoms with van der Waals surface area (Å²) in [5, 5.41) is 0. The fourth-order valence-electron chi connectivity index (χ4n) is 6.77. The Morgan fingerprint density at radius 3 is 0.817 bits per heavy atom. The van der Waals surface area contributed by atoms with Gasteiger partial charge in [-0.1, -0.05) is 276 Å². The second-order valence-electron chi connectivity index (χ2n) is 16.9. The number of rotatable bonds is 40. The number of carbonyl (C=O) groups excluding carboxylic acids is 2. The van der Waals surface area contributed by atoms with Crippen molar-refractivity contribution in [1.29, 1.82) is 0 Å². The molecule has 0 spiro atoms. The fourth-order valence-corrected chi connectivity index (χ4v) is 6.77. The predicted molar refractivity (Wildman–Crippen MR) is 263 cm³/mol. The number of hydrogen-bond donors (Lipinski definition) is 0. The van der Waals surface area contributed by atoms with Crippen LogP contribution >= 0.6 is 0 Å². The molecule has 0 radical (unpaired) electrons. The first kappa shape index (κ1) is 56.6. The van der Waals surface area contributed by atoms with Crippen molar-refractivity contribution >= 4 is 11.9 Å². The van der Waals surface area contributed by atoms with Gasteiger partial charge in [0.15, 0.2) is 0 Å². The van der Waals surface area contributed by atoms with E-state index in [1.54, 1.807) is 12.2 Å². The Balaban J connectivity index is 4.10. The molecule has 0 fully saturated rings. The van der Waals surface area contributed by atoms with Crippen LogP contribution in [0.1, 0.15) is 221 Å². The molecule has 4 nitrogen and oxygen atoms in total. The summed E-state index contributed by atoms with van der Waals surface area (Å²) >= 11 is 0. The highest BCUT2D eigenvalue weighted by Crippen LogP contribution is 2.15. The van der Waals surface area contributed by atoms with Gasteiger partial charge in [0.2, 0.25) is 0 Å². The number of esters is 2. The topological polar surface area (TPSA) is 52.6 Å². The third kappa shape index (κ3) is 44.2. The number of carbonyl (C=O) groups is 2. The molecule has 0 heterocycles. The molecule has 0 amide bonds. The standard InChI is InChI=1S/C56H92O4/c1-7-9-11-13-15-17-19-21-23-25-27-29-31-35-49-59-55(57)47-45-53(5)43-37-41-51(3)39-33-34-40-52(4)42-38-44-54(6)46-48-56(58)60-50-36-32-30-28-26-24-22-20-18-16-14-12-10-8-2/h33-34,37-48H,7-32,35-36,49-50H2,1-6H3. The van der Waals surface area contributed by atoms with Gasteiger partial charge >= 0.3 is 11.9 Å². The molecule has 0 saturated carbocycles. The van der Waals surface area contributed by atoms with Crippen LogP contribution in [0, 0.1) is 0 Å². The zero-order chi connectivity index (χ0) is 44.0. The molecule has 0 saturated heterocycles. The van der Waals surface area contributed by atoms with E-state index < -0.39 is 0 Å². The molecule has 0 atom stereocenters. The molecule has 0 rings (SSSR count). The van der Waals surface area contributed by atoms with Crippen LogP contribution in [0.15, 0.2) is 107 Å². The highest BCUT2D eigenvalue weighted by molar-refractivity contribution is 5.82. The van der Waals surface area contributed by atoms with Gasteiger partial charge in [0.1, 0.15) is 0 Å². The van der Waals surface area contributed by atoms with Crippen LogP contribution in [0.3, 0.4) is 0 Å². The van der Waals surface area contributed by atoms with Gasteiger partial charge in [-0.25, -0.2) is 9.59 Å². The lowest BCUT2D eigenvalue weighted by Gasteiger charge is -2.04. The Hall–Kier alpha value is -3.40. The minimum Gasteiger partial charge on any atom is -0.463 e. The minimum atomic E-state index is -0.272. The third-order valence-corrected chi connectivity index (χ3v) is 10.7. The summed E-state index contributed by atoms with van der Waals surface area (Å²) in [4.78, 5) is 24.2. The van der Waals surface area contributed by atoms with Crippen LogP contribution in [0.4, 0.5) is 0 Å². The summed E-state index contributed by atoms with van der Waals surface area (Å²) in [6.07, 6.45) is 63.7. The van der Waals surface area contributed by atoms with E-state index in [0.717, 1.165) is 48.0 Å². The van der Waals surface area contributed by atoms with E-state index in [0.29, 0.717) is 13.2 Å². The number of allylic oxidation sites excluding steroid dienone is 16. The van der Waals surface area contributed by atoms with E-state index >= 15 is 0 Å². The third-order valence-electron chi connectivity index (χ3n) is 10.7. The molecule has 0 aromatic carbocycles. The normalized spacial score (nSPS) is 13.4. The van der Waals surface area contributed by atoms with Crippen LogP contribution in [0.2, 0.25) is 0 Å². The van der Waals surface area contributed by atoms with E-state index in [4.69, 9.17) is 9.47 Å². The number of unbranched alkanes of at least 4 members (excludes halogenated alkanes) is 26. The smallest absolute Gasteiger partial charge is 0.330 e. The summed E-state index contributed by atoms with van der Waals surface area (Å²) in [6.45, 7) is 13.6. The van der Waals surface area contributed by atoms with Crippen molar-refractivity contribution in [2.75, 3.05) is 13.2 Å². The van der Waals surface area contributed by atoms with Crippen molar-refractivity contribution in [3.05, 3.63) is 107 Å². The maximum absolute atomic E-state index is 12.1. The number of hydrogen-bond acceptors (Lipinski definition) is 4. The average Bonchev–Trinajstić information content (AvgIpc) is 3.23. The van der Waals surface area contributed by atoms with Gasteiger partial charge in [-0.15, -0.1) is 0 Å². The lowest BCUT2D eigenvalue weighted by molar-refractivity contribution is -0.138. The molecular weight excluding hydrogens is 737 g/mol. The van der Waals surface area contributed by atoms with Crippen LogP contribution in [-0.4, -0.2) is 25.2 Å². The van der Waals surface area contributed by atoms with Crippen LogP contribution < -0.4 is 0 Å². The molecule has 0 aromatic heterocycles. The number of ether oxygens (including phenoxy) is 2. The van der Waals surface area contributed by atoms with Crippen molar-refractivity contribution in [1.82, 2.24) is 0 Å². The van der Waals surface area contributed by atoms with Gasteiger partial charge in [-0.2, -0.15) is 0 Å². The zero-order valence-corrected chi connectivity index (χ0v) is 39.9. The quantitative estimate of drug-likeness (QED) is 0.0267. The van der Waals surface area contributed by atoms with Gasteiger partial charge in [-0.05, 0) is 40.5 Å². The maximum atomic E-state index is 12.1. The summed E-state index contributed by atoms with van der Waals surface area (Å²) in [7, 11) is 0. The highest BCUT2D eigenvalue weighted by atomic mass is 16.5. The highest BCUT2D eigenvalue weighted by Gasteiger charge is 2.00. The van der Waals surface area contributed by atoms with E-state index in [1.807, 2.05) is 62.5 Å². The van der Waals surface area contributed by atoms with Crippen LogP contribution in [0.25, 0.3) is 0 Å². The van der Waals surface area contributed by atoms with E-state index in [9.17, 15) is 9.59 Å². The Kier molecular flexibility index (Phi) is 42.6. The first-order valence-corrected chi connectivity index (χ1v) is 24.7. The molecular formula is C56H92O4. The molecule has 0 aliphatic carbocycles. The molecule has 0 unspecified atom stereocenters. The monoisotopic (exact) mass is 829 g/mol. The predicted octanol–water partition coefficient (Wildman–Crippen LogP) is 17.6. The average molecular weight is 829 g/mol. The van der Waals surface area contributed by atoms with E-state index in [-0.39, 0.29) is 11.9 Å². The summed E-state index contributed by atoms with van der Waals surface area (Å²) in [6, 6.07) is 0. The summed E-state index contributed by atoms with van der Waals surface area (Å²) < 4.78 is 10.8. The van der Waals surface area contributed by atoms with Crippen molar-refractivity contribution in [2.24, 2.45) is 0 Å². The summed E-state index contributed by atoms with van der Waals surface area (Å²) in [5.41, 5.74) is 4.22. The molecule has 0 aromatic rings. The van der Waals surface area contributed by atoms with Gasteiger partial charge in [0.25, 0.3) is 0 Å².